The number of hydrogen-bond donors (Lipinski definition) is 1. The molecule has 0 radical (unpaired) electrons. The van der Waals surface area contributed by atoms with Crippen molar-refractivity contribution in [1.82, 2.24) is 4.98 Å². The third kappa shape index (κ3) is 2.80. The molecule has 0 fully saturated rings. The number of nitro benzene ring substituents is 1. The number of hydrogen-bond acceptors (Lipinski definition) is 4. The van der Waals surface area contributed by atoms with Crippen LogP contribution in [0, 0.1) is 28.7 Å². The summed E-state index contributed by atoms with van der Waals surface area (Å²) in [5.74, 6) is -1.24. The molecule has 0 bridgehead atoms. The number of rotatable bonds is 3. The molecule has 24 heavy (non-hydrogen) atoms. The Morgan fingerprint density at radius 3 is 2.67 bits per heavy atom. The topological polar surface area (TPSA) is 68.1 Å². The summed E-state index contributed by atoms with van der Waals surface area (Å²) < 4.78 is 27.3. The fourth-order valence-electron chi connectivity index (χ4n) is 2.44. The summed E-state index contributed by atoms with van der Waals surface area (Å²) in [6.07, 6.45) is 1.40. The molecule has 122 valence electrons. The van der Waals surface area contributed by atoms with Gasteiger partial charge in [-0.15, -0.1) is 0 Å². The van der Waals surface area contributed by atoms with E-state index in [9.17, 15) is 18.9 Å². The summed E-state index contributed by atoms with van der Waals surface area (Å²) >= 11 is 3.28. The van der Waals surface area contributed by atoms with Crippen molar-refractivity contribution >= 4 is 43.9 Å². The van der Waals surface area contributed by atoms with Gasteiger partial charge in [0.1, 0.15) is 17.5 Å². The molecule has 1 N–H and O–H groups in total. The van der Waals surface area contributed by atoms with Crippen LogP contribution in [0.2, 0.25) is 0 Å². The van der Waals surface area contributed by atoms with Gasteiger partial charge < -0.3 is 5.32 Å². The molecular formula is C16H10BrF2N3O2. The van der Waals surface area contributed by atoms with Gasteiger partial charge in [0, 0.05) is 23.2 Å². The predicted molar refractivity (Wildman–Crippen MR) is 90.5 cm³/mol. The highest BCUT2D eigenvalue weighted by Crippen LogP contribution is 2.38. The van der Waals surface area contributed by atoms with E-state index in [1.54, 1.807) is 19.1 Å². The Bertz CT molecular complexity index is 979. The molecule has 0 saturated carbocycles. The van der Waals surface area contributed by atoms with Gasteiger partial charge in [0.2, 0.25) is 0 Å². The Kier molecular flexibility index (Phi) is 4.15. The third-order valence-corrected chi connectivity index (χ3v) is 4.15. The van der Waals surface area contributed by atoms with Crippen molar-refractivity contribution in [2.45, 2.75) is 6.92 Å². The number of fused-ring (bicyclic) bond motifs is 1. The van der Waals surface area contributed by atoms with Crippen LogP contribution in [0.4, 0.5) is 26.0 Å². The molecule has 0 spiro atoms. The second-order valence-corrected chi connectivity index (χ2v) is 5.97. The van der Waals surface area contributed by atoms with E-state index in [0.29, 0.717) is 20.8 Å². The van der Waals surface area contributed by atoms with E-state index < -0.39 is 16.6 Å². The number of pyridine rings is 1. The van der Waals surface area contributed by atoms with Crippen LogP contribution < -0.4 is 5.32 Å². The van der Waals surface area contributed by atoms with Crippen molar-refractivity contribution in [3.63, 3.8) is 0 Å². The van der Waals surface area contributed by atoms with Gasteiger partial charge in [-0.05, 0) is 41.1 Å². The Morgan fingerprint density at radius 2 is 2.00 bits per heavy atom. The minimum Gasteiger partial charge on any atom is -0.337 e. The van der Waals surface area contributed by atoms with E-state index in [-0.39, 0.29) is 17.2 Å². The van der Waals surface area contributed by atoms with Gasteiger partial charge in [0.25, 0.3) is 5.69 Å². The quantitative estimate of drug-likeness (QED) is 0.488. The van der Waals surface area contributed by atoms with Crippen molar-refractivity contribution < 1.29 is 13.7 Å². The van der Waals surface area contributed by atoms with Gasteiger partial charge in [0.15, 0.2) is 0 Å². The van der Waals surface area contributed by atoms with Crippen LogP contribution in [0.3, 0.4) is 0 Å². The predicted octanol–water partition coefficient (Wildman–Crippen LogP) is 5.24. The Balaban J connectivity index is 2.21. The molecule has 5 nitrogen and oxygen atoms in total. The van der Waals surface area contributed by atoms with Crippen LogP contribution in [0.15, 0.2) is 41.0 Å². The zero-order chi connectivity index (χ0) is 17.4. The van der Waals surface area contributed by atoms with E-state index >= 15 is 0 Å². The number of anilines is 2. The van der Waals surface area contributed by atoms with Gasteiger partial charge in [-0.2, -0.15) is 0 Å². The first-order chi connectivity index (χ1) is 11.4. The maximum Gasteiger partial charge on any atom is 0.281 e. The minimum atomic E-state index is -0.783. The molecule has 0 saturated heterocycles. The summed E-state index contributed by atoms with van der Waals surface area (Å²) in [4.78, 5) is 15.1. The average molecular weight is 394 g/mol. The van der Waals surface area contributed by atoms with Gasteiger partial charge in [-0.3, -0.25) is 10.1 Å². The Hall–Kier alpha value is -2.61. The van der Waals surface area contributed by atoms with Gasteiger partial charge in [0.05, 0.1) is 20.5 Å². The molecule has 3 aromatic rings. The zero-order valence-corrected chi connectivity index (χ0v) is 13.9. The van der Waals surface area contributed by atoms with Crippen LogP contribution in [0.25, 0.3) is 10.8 Å². The molecule has 3 rings (SSSR count). The van der Waals surface area contributed by atoms with Crippen LogP contribution in [-0.2, 0) is 0 Å². The molecule has 0 amide bonds. The lowest BCUT2D eigenvalue weighted by atomic mass is 10.1. The maximum absolute atomic E-state index is 13.8. The van der Waals surface area contributed by atoms with E-state index in [1.807, 2.05) is 0 Å². The zero-order valence-electron chi connectivity index (χ0n) is 12.3. The van der Waals surface area contributed by atoms with Crippen molar-refractivity contribution in [2.75, 3.05) is 5.32 Å². The van der Waals surface area contributed by atoms with Gasteiger partial charge >= 0.3 is 0 Å². The fourth-order valence-corrected chi connectivity index (χ4v) is 2.95. The average Bonchev–Trinajstić information content (AvgIpc) is 2.52. The van der Waals surface area contributed by atoms with Crippen LogP contribution in [-0.4, -0.2) is 9.91 Å². The molecule has 0 aliphatic rings. The van der Waals surface area contributed by atoms with E-state index in [2.05, 4.69) is 26.2 Å². The van der Waals surface area contributed by atoms with Crippen LogP contribution >= 0.6 is 15.9 Å². The summed E-state index contributed by atoms with van der Waals surface area (Å²) in [7, 11) is 0. The number of aromatic nitrogens is 1. The normalized spacial score (nSPS) is 10.8. The van der Waals surface area contributed by atoms with E-state index in [1.165, 1.54) is 12.3 Å². The lowest BCUT2D eigenvalue weighted by Gasteiger charge is -2.12. The number of nitro groups is 1. The Morgan fingerprint density at radius 1 is 1.25 bits per heavy atom. The lowest BCUT2D eigenvalue weighted by molar-refractivity contribution is -0.383. The summed E-state index contributed by atoms with van der Waals surface area (Å²) in [6, 6.07) is 6.36. The highest BCUT2D eigenvalue weighted by molar-refractivity contribution is 9.10. The van der Waals surface area contributed by atoms with Gasteiger partial charge in [-0.1, -0.05) is 6.07 Å². The standard InChI is InChI=1S/C16H10BrF2N3O2/c1-8-2-4-10-14(15(8)22(23)24)11(17)7-20-16(10)21-13-5-3-9(18)6-12(13)19/h2-7H,1H3,(H,20,21). The molecule has 8 heteroatoms. The monoisotopic (exact) mass is 393 g/mol. The van der Waals surface area contributed by atoms with Crippen LogP contribution in [0.5, 0.6) is 0 Å². The number of benzene rings is 2. The van der Waals surface area contributed by atoms with Crippen molar-refractivity contribution in [1.29, 1.82) is 0 Å². The number of halogens is 3. The third-order valence-electron chi connectivity index (χ3n) is 3.55. The molecule has 1 heterocycles. The molecule has 0 aliphatic heterocycles. The summed E-state index contributed by atoms with van der Waals surface area (Å²) in [5.41, 5.74) is 0.471. The first-order valence-electron chi connectivity index (χ1n) is 6.82. The molecular weight excluding hydrogens is 384 g/mol. The van der Waals surface area contributed by atoms with Crippen molar-refractivity contribution in [2.24, 2.45) is 0 Å². The summed E-state index contributed by atoms with van der Waals surface area (Å²) in [5, 5.41) is 15.0. The highest BCUT2D eigenvalue weighted by Gasteiger charge is 2.21. The smallest absolute Gasteiger partial charge is 0.281 e. The molecule has 2 aromatic carbocycles. The number of aryl methyl sites for hydroxylation is 1. The van der Waals surface area contributed by atoms with Crippen molar-refractivity contribution in [3.8, 4) is 0 Å². The minimum absolute atomic E-state index is 0.0238. The molecule has 1 aromatic heterocycles. The second-order valence-electron chi connectivity index (χ2n) is 5.11. The van der Waals surface area contributed by atoms with E-state index in [4.69, 9.17) is 0 Å². The largest absolute Gasteiger partial charge is 0.337 e. The first-order valence-corrected chi connectivity index (χ1v) is 7.62. The highest BCUT2D eigenvalue weighted by atomic mass is 79.9. The maximum atomic E-state index is 13.8. The number of nitrogens with one attached hydrogen (secondary N) is 1. The fraction of sp³-hybridized carbons (Fsp3) is 0.0625. The molecule has 0 aliphatic carbocycles. The molecule has 0 unspecified atom stereocenters. The Labute approximate surface area is 143 Å². The van der Waals surface area contributed by atoms with E-state index in [0.717, 1.165) is 12.1 Å². The number of nitrogens with zero attached hydrogens (tertiary/aromatic N) is 2. The SMILES string of the molecule is Cc1ccc2c(Nc3ccc(F)cc3F)ncc(Br)c2c1[N+](=O)[O-]. The van der Waals surface area contributed by atoms with Crippen molar-refractivity contribution in [3.05, 3.63) is 68.3 Å². The lowest BCUT2D eigenvalue weighted by Crippen LogP contribution is -2.00. The van der Waals surface area contributed by atoms with Gasteiger partial charge in [-0.25, -0.2) is 13.8 Å². The first kappa shape index (κ1) is 16.3. The van der Waals surface area contributed by atoms with Crippen LogP contribution in [0.1, 0.15) is 5.56 Å². The molecule has 0 atom stereocenters. The second kappa shape index (κ2) is 6.12. The summed E-state index contributed by atoms with van der Waals surface area (Å²) in [6.45, 7) is 1.64.